The maximum atomic E-state index is 5.71. The van der Waals surface area contributed by atoms with Crippen molar-refractivity contribution in [3.05, 3.63) is 65.7 Å². The topological polar surface area (TPSA) is 36.9 Å². The summed E-state index contributed by atoms with van der Waals surface area (Å²) < 4.78 is 5.71. The van der Waals surface area contributed by atoms with Crippen molar-refractivity contribution in [3.8, 4) is 5.75 Å². The summed E-state index contributed by atoms with van der Waals surface area (Å²) in [5.74, 6) is 1.47. The summed E-state index contributed by atoms with van der Waals surface area (Å²) in [6.07, 6.45) is 2.40. The van der Waals surface area contributed by atoms with Gasteiger partial charge in [-0.2, -0.15) is 0 Å². The predicted octanol–water partition coefficient (Wildman–Crippen LogP) is 3.43. The van der Waals surface area contributed by atoms with E-state index in [1.165, 1.54) is 11.1 Å². The number of quaternary nitrogens is 1. The van der Waals surface area contributed by atoms with E-state index in [2.05, 4.69) is 74.2 Å². The highest BCUT2D eigenvalue weighted by Gasteiger charge is 2.13. The van der Waals surface area contributed by atoms with Crippen LogP contribution >= 0.6 is 0 Å². The average Bonchev–Trinajstić information content (AvgIpc) is 2.48. The fourth-order valence-electron chi connectivity index (χ4n) is 2.62. The first-order valence-electron chi connectivity index (χ1n) is 7.79. The summed E-state index contributed by atoms with van der Waals surface area (Å²) in [6, 6.07) is 19.2. The van der Waals surface area contributed by atoms with E-state index in [9.17, 15) is 0 Å². The van der Waals surface area contributed by atoms with E-state index < -0.39 is 0 Å². The SMILES string of the molecule is CC(C)Oc1ccc([C@@H](CC[NH3+])Cc2ccccc2)cc1. The van der Waals surface area contributed by atoms with Crippen LogP contribution in [-0.4, -0.2) is 12.6 Å². The zero-order chi connectivity index (χ0) is 15.1. The Kier molecular flexibility index (Phi) is 5.82. The van der Waals surface area contributed by atoms with Gasteiger partial charge in [0.2, 0.25) is 0 Å². The Balaban J connectivity index is 2.10. The normalized spacial score (nSPS) is 12.4. The lowest BCUT2D eigenvalue weighted by molar-refractivity contribution is -0.369. The zero-order valence-electron chi connectivity index (χ0n) is 13.1. The lowest BCUT2D eigenvalue weighted by atomic mass is 9.89. The van der Waals surface area contributed by atoms with Gasteiger partial charge in [-0.15, -0.1) is 0 Å². The molecule has 0 amide bonds. The minimum Gasteiger partial charge on any atom is -0.491 e. The smallest absolute Gasteiger partial charge is 0.119 e. The molecule has 0 aliphatic rings. The maximum absolute atomic E-state index is 5.71. The molecular formula is C19H26NO+. The number of benzene rings is 2. The standard InChI is InChI=1S/C19H25NO/c1-15(2)21-19-10-8-17(9-11-19)18(12-13-20)14-16-6-4-3-5-7-16/h3-11,15,18H,12-14,20H2,1-2H3/p+1/t18-/m0/s1. The molecule has 0 unspecified atom stereocenters. The molecule has 2 aromatic carbocycles. The fraction of sp³-hybridized carbons (Fsp3) is 0.368. The van der Waals surface area contributed by atoms with Gasteiger partial charge in [-0.3, -0.25) is 0 Å². The molecule has 1 atom stereocenters. The van der Waals surface area contributed by atoms with Crippen molar-refractivity contribution in [2.45, 2.75) is 38.7 Å². The lowest BCUT2D eigenvalue weighted by Crippen LogP contribution is -2.50. The van der Waals surface area contributed by atoms with Gasteiger partial charge in [-0.1, -0.05) is 42.5 Å². The minimum absolute atomic E-state index is 0.218. The zero-order valence-corrected chi connectivity index (χ0v) is 13.1. The molecule has 0 aliphatic carbocycles. The summed E-state index contributed by atoms with van der Waals surface area (Å²) in [7, 11) is 0. The highest BCUT2D eigenvalue weighted by atomic mass is 16.5. The van der Waals surface area contributed by atoms with Crippen LogP contribution in [0.15, 0.2) is 54.6 Å². The van der Waals surface area contributed by atoms with Crippen molar-refractivity contribution in [1.82, 2.24) is 0 Å². The molecular weight excluding hydrogens is 258 g/mol. The third-order valence-corrected chi connectivity index (χ3v) is 3.60. The van der Waals surface area contributed by atoms with E-state index in [0.717, 1.165) is 25.1 Å². The second-order valence-corrected chi connectivity index (χ2v) is 5.76. The van der Waals surface area contributed by atoms with E-state index >= 15 is 0 Å². The van der Waals surface area contributed by atoms with Crippen molar-refractivity contribution < 1.29 is 10.5 Å². The summed E-state index contributed by atoms with van der Waals surface area (Å²) in [4.78, 5) is 0. The fourth-order valence-corrected chi connectivity index (χ4v) is 2.62. The molecule has 0 saturated heterocycles. The number of hydrogen-bond donors (Lipinski definition) is 1. The summed E-state index contributed by atoms with van der Waals surface area (Å²) in [6.45, 7) is 5.06. The van der Waals surface area contributed by atoms with Crippen molar-refractivity contribution >= 4 is 0 Å². The summed E-state index contributed by atoms with van der Waals surface area (Å²) in [5.41, 5.74) is 6.79. The first-order chi connectivity index (χ1) is 10.2. The first-order valence-corrected chi connectivity index (χ1v) is 7.79. The van der Waals surface area contributed by atoms with Gasteiger partial charge in [0.05, 0.1) is 12.6 Å². The molecule has 0 aliphatic heterocycles. The third-order valence-electron chi connectivity index (χ3n) is 3.60. The lowest BCUT2D eigenvalue weighted by Gasteiger charge is -2.17. The minimum atomic E-state index is 0.218. The maximum Gasteiger partial charge on any atom is 0.119 e. The van der Waals surface area contributed by atoms with Crippen LogP contribution in [-0.2, 0) is 6.42 Å². The van der Waals surface area contributed by atoms with Gasteiger partial charge < -0.3 is 10.5 Å². The molecule has 2 rings (SSSR count). The molecule has 2 heteroatoms. The second-order valence-electron chi connectivity index (χ2n) is 5.76. The van der Waals surface area contributed by atoms with Crippen LogP contribution in [0.2, 0.25) is 0 Å². The molecule has 21 heavy (non-hydrogen) atoms. The van der Waals surface area contributed by atoms with Crippen molar-refractivity contribution in [1.29, 1.82) is 0 Å². The van der Waals surface area contributed by atoms with Crippen LogP contribution in [0.5, 0.6) is 5.75 Å². The highest BCUT2D eigenvalue weighted by Crippen LogP contribution is 2.26. The van der Waals surface area contributed by atoms with E-state index in [1.807, 2.05) is 0 Å². The third kappa shape index (κ3) is 4.91. The van der Waals surface area contributed by atoms with Crippen molar-refractivity contribution in [2.75, 3.05) is 6.54 Å². The van der Waals surface area contributed by atoms with Crippen LogP contribution < -0.4 is 10.5 Å². The Morgan fingerprint density at radius 1 is 0.952 bits per heavy atom. The van der Waals surface area contributed by atoms with Crippen LogP contribution in [0.25, 0.3) is 0 Å². The first kappa shape index (κ1) is 15.6. The monoisotopic (exact) mass is 284 g/mol. The van der Waals surface area contributed by atoms with Gasteiger partial charge in [0, 0.05) is 6.42 Å². The van der Waals surface area contributed by atoms with Gasteiger partial charge in [0.1, 0.15) is 5.75 Å². The molecule has 3 N–H and O–H groups in total. The molecule has 112 valence electrons. The second kappa shape index (κ2) is 7.84. The highest BCUT2D eigenvalue weighted by molar-refractivity contribution is 5.31. The van der Waals surface area contributed by atoms with Crippen LogP contribution in [0.1, 0.15) is 37.3 Å². The molecule has 0 spiro atoms. The summed E-state index contributed by atoms with van der Waals surface area (Å²) >= 11 is 0. The average molecular weight is 284 g/mol. The van der Waals surface area contributed by atoms with Gasteiger partial charge in [-0.05, 0) is 49.4 Å². The quantitative estimate of drug-likeness (QED) is 0.831. The Morgan fingerprint density at radius 2 is 1.62 bits per heavy atom. The number of rotatable bonds is 7. The molecule has 0 aromatic heterocycles. The number of ether oxygens (including phenoxy) is 1. The Labute approximate surface area is 127 Å². The summed E-state index contributed by atoms with van der Waals surface area (Å²) in [5, 5.41) is 0. The van der Waals surface area contributed by atoms with E-state index in [-0.39, 0.29) is 6.10 Å². The molecule has 0 radical (unpaired) electrons. The molecule has 0 fully saturated rings. The largest absolute Gasteiger partial charge is 0.491 e. The molecule has 2 nitrogen and oxygen atoms in total. The van der Waals surface area contributed by atoms with E-state index in [0.29, 0.717) is 5.92 Å². The molecule has 0 saturated carbocycles. The van der Waals surface area contributed by atoms with Gasteiger partial charge in [0.15, 0.2) is 0 Å². The Morgan fingerprint density at radius 3 is 2.19 bits per heavy atom. The van der Waals surface area contributed by atoms with E-state index in [1.54, 1.807) is 0 Å². The molecule has 2 aromatic rings. The van der Waals surface area contributed by atoms with Crippen molar-refractivity contribution in [2.24, 2.45) is 0 Å². The van der Waals surface area contributed by atoms with Crippen LogP contribution in [0.4, 0.5) is 0 Å². The number of hydrogen-bond acceptors (Lipinski definition) is 1. The predicted molar refractivity (Wildman–Crippen MR) is 87.5 cm³/mol. The Hall–Kier alpha value is -1.80. The van der Waals surface area contributed by atoms with Crippen LogP contribution in [0, 0.1) is 0 Å². The Bertz CT molecular complexity index is 519. The van der Waals surface area contributed by atoms with Gasteiger partial charge in [0.25, 0.3) is 0 Å². The van der Waals surface area contributed by atoms with Crippen LogP contribution in [0.3, 0.4) is 0 Å². The molecule has 0 heterocycles. The van der Waals surface area contributed by atoms with Gasteiger partial charge >= 0.3 is 0 Å². The van der Waals surface area contributed by atoms with Crippen molar-refractivity contribution in [3.63, 3.8) is 0 Å². The van der Waals surface area contributed by atoms with Gasteiger partial charge in [-0.25, -0.2) is 0 Å². The van der Waals surface area contributed by atoms with E-state index in [4.69, 9.17) is 4.74 Å². The molecule has 0 bridgehead atoms.